The number of amides is 2. The van der Waals surface area contributed by atoms with Crippen molar-refractivity contribution in [3.63, 3.8) is 0 Å². The minimum atomic E-state index is -4.75. The van der Waals surface area contributed by atoms with Crippen LogP contribution in [0.4, 0.5) is 23.4 Å². The molecular formula is C21H21F4N7O3. The summed E-state index contributed by atoms with van der Waals surface area (Å²) in [6, 6.07) is 1.12. The molecule has 3 aromatic heterocycles. The highest BCUT2D eigenvalue weighted by atomic mass is 19.4. The van der Waals surface area contributed by atoms with Gasteiger partial charge < -0.3 is 20.7 Å². The van der Waals surface area contributed by atoms with Crippen molar-refractivity contribution in [1.29, 1.82) is 0 Å². The highest BCUT2D eigenvalue weighted by molar-refractivity contribution is 5.98. The molecule has 0 unspecified atom stereocenters. The molecule has 3 N–H and O–H groups in total. The zero-order chi connectivity index (χ0) is 25.5. The fourth-order valence-corrected chi connectivity index (χ4v) is 3.98. The van der Waals surface area contributed by atoms with Gasteiger partial charge in [-0.25, -0.2) is 18.9 Å². The largest absolute Gasteiger partial charge is 0.480 e. The molecule has 0 aliphatic carbocycles. The molecule has 35 heavy (non-hydrogen) atoms. The van der Waals surface area contributed by atoms with Gasteiger partial charge in [0.05, 0.1) is 31.0 Å². The number of alkyl halides is 4. The van der Waals surface area contributed by atoms with Gasteiger partial charge in [-0.05, 0) is 12.1 Å². The van der Waals surface area contributed by atoms with Crippen LogP contribution in [0.25, 0.3) is 16.8 Å². The third-order valence-corrected chi connectivity index (χ3v) is 5.69. The van der Waals surface area contributed by atoms with Crippen molar-refractivity contribution >= 4 is 23.1 Å². The number of nitrogens with zero attached hydrogens (tertiary/aromatic N) is 5. The summed E-state index contributed by atoms with van der Waals surface area (Å²) in [5.74, 6) is -1.50. The van der Waals surface area contributed by atoms with Crippen molar-refractivity contribution in [3.8, 4) is 17.1 Å². The number of hydrogen-bond donors (Lipinski definition) is 2. The standard InChI is InChI=1S/C21H21F4N7O3/c1-3-16(33)31-7-13(22)14(8-31)30-19(34)11-4-10(6-27-20(11)35-2)15-5-12(21(23,24)25)17-18(26)28-9-29-32(15)17/h4-6,9,13-14H,3,7-8H2,1-2H3,(H,30,34)(H2,26,28,29)/t13-,14+/m0/s1. The number of likely N-dealkylation sites (tertiary alicyclic amines) is 1. The summed E-state index contributed by atoms with van der Waals surface area (Å²) in [4.78, 5) is 33.9. The highest BCUT2D eigenvalue weighted by Gasteiger charge is 2.38. The van der Waals surface area contributed by atoms with Gasteiger partial charge in [-0.3, -0.25) is 9.59 Å². The number of anilines is 1. The van der Waals surface area contributed by atoms with Crippen molar-refractivity contribution in [2.75, 3.05) is 25.9 Å². The lowest BCUT2D eigenvalue weighted by atomic mass is 10.1. The topological polar surface area (TPSA) is 128 Å². The van der Waals surface area contributed by atoms with Gasteiger partial charge in [0.25, 0.3) is 5.91 Å². The number of pyridine rings is 1. The molecule has 14 heteroatoms. The SMILES string of the molecule is CCC(=O)N1C[C@H](F)[C@H](NC(=O)c2cc(-c3cc(C(F)(F)F)c4c(N)ncnn34)cnc2OC)C1. The molecule has 0 aromatic carbocycles. The lowest BCUT2D eigenvalue weighted by molar-refractivity contribution is -0.136. The normalized spacial score (nSPS) is 18.2. The summed E-state index contributed by atoms with van der Waals surface area (Å²) in [7, 11) is 1.26. The molecule has 2 amide bonds. The molecule has 186 valence electrons. The van der Waals surface area contributed by atoms with E-state index < -0.39 is 35.4 Å². The number of carbonyl (C=O) groups excluding carboxylic acids is 2. The summed E-state index contributed by atoms with van der Waals surface area (Å²) in [6.45, 7) is 1.49. The predicted molar refractivity (Wildman–Crippen MR) is 115 cm³/mol. The van der Waals surface area contributed by atoms with Crippen LogP contribution < -0.4 is 15.8 Å². The van der Waals surface area contributed by atoms with Crippen LogP contribution in [-0.4, -0.2) is 68.7 Å². The Morgan fingerprint density at radius 2 is 2.00 bits per heavy atom. The van der Waals surface area contributed by atoms with Gasteiger partial charge in [-0.1, -0.05) is 6.92 Å². The Hall–Kier alpha value is -3.97. The van der Waals surface area contributed by atoms with Gasteiger partial charge in [-0.2, -0.15) is 18.3 Å². The number of methoxy groups -OCH3 is 1. The number of halogens is 4. The van der Waals surface area contributed by atoms with Crippen molar-refractivity contribution in [1.82, 2.24) is 29.8 Å². The zero-order valence-electron chi connectivity index (χ0n) is 18.6. The highest BCUT2D eigenvalue weighted by Crippen LogP contribution is 2.39. The number of nitrogen functional groups attached to an aromatic ring is 1. The van der Waals surface area contributed by atoms with E-state index in [4.69, 9.17) is 10.5 Å². The van der Waals surface area contributed by atoms with E-state index >= 15 is 0 Å². The maximum Gasteiger partial charge on any atom is 0.418 e. The van der Waals surface area contributed by atoms with Crippen LogP contribution in [-0.2, 0) is 11.0 Å². The maximum atomic E-state index is 14.5. The summed E-state index contributed by atoms with van der Waals surface area (Å²) in [5.41, 5.74) is 4.10. The Kier molecular flexibility index (Phi) is 6.21. The third kappa shape index (κ3) is 4.42. The van der Waals surface area contributed by atoms with Crippen LogP contribution in [0.3, 0.4) is 0 Å². The van der Waals surface area contributed by atoms with Crippen molar-refractivity contribution in [2.24, 2.45) is 0 Å². The van der Waals surface area contributed by atoms with E-state index in [0.29, 0.717) is 0 Å². The molecule has 10 nitrogen and oxygen atoms in total. The monoisotopic (exact) mass is 495 g/mol. The number of carbonyl (C=O) groups is 2. The second kappa shape index (κ2) is 9.00. The van der Waals surface area contributed by atoms with Crippen LogP contribution in [0, 0.1) is 0 Å². The van der Waals surface area contributed by atoms with Crippen LogP contribution in [0.2, 0.25) is 0 Å². The van der Waals surface area contributed by atoms with Gasteiger partial charge in [0.1, 0.15) is 23.6 Å². The first-order chi connectivity index (χ1) is 16.5. The van der Waals surface area contributed by atoms with Crippen LogP contribution >= 0.6 is 0 Å². The summed E-state index contributed by atoms with van der Waals surface area (Å²) in [5, 5.41) is 6.40. The molecule has 0 spiro atoms. The minimum Gasteiger partial charge on any atom is -0.480 e. The molecule has 1 fully saturated rings. The van der Waals surface area contributed by atoms with Gasteiger partial charge >= 0.3 is 6.18 Å². The third-order valence-electron chi connectivity index (χ3n) is 5.69. The molecule has 0 saturated carbocycles. The number of rotatable bonds is 5. The first-order valence-electron chi connectivity index (χ1n) is 10.5. The van der Waals surface area contributed by atoms with E-state index in [0.717, 1.165) is 16.9 Å². The van der Waals surface area contributed by atoms with Gasteiger partial charge in [0, 0.05) is 24.7 Å². The Labute approximate surface area is 196 Å². The first-order valence-corrected chi connectivity index (χ1v) is 10.5. The fourth-order valence-electron chi connectivity index (χ4n) is 3.98. The molecule has 0 bridgehead atoms. The quantitative estimate of drug-likeness (QED) is 0.519. The van der Waals surface area contributed by atoms with E-state index in [-0.39, 0.29) is 53.9 Å². The zero-order valence-corrected chi connectivity index (χ0v) is 18.6. The Bertz CT molecular complexity index is 1290. The molecule has 2 atom stereocenters. The lowest BCUT2D eigenvalue weighted by Gasteiger charge is -2.17. The first kappa shape index (κ1) is 24.2. The summed E-state index contributed by atoms with van der Waals surface area (Å²) < 4.78 is 61.5. The van der Waals surface area contributed by atoms with Gasteiger partial charge in [0.15, 0.2) is 5.82 Å². The maximum absolute atomic E-state index is 14.5. The van der Waals surface area contributed by atoms with E-state index in [1.54, 1.807) is 6.92 Å². The van der Waals surface area contributed by atoms with Crippen LogP contribution in [0.15, 0.2) is 24.7 Å². The molecule has 1 aliphatic heterocycles. The summed E-state index contributed by atoms with van der Waals surface area (Å²) >= 11 is 0. The van der Waals surface area contributed by atoms with Crippen LogP contribution in [0.1, 0.15) is 29.3 Å². The second-order valence-corrected chi connectivity index (χ2v) is 7.88. The van der Waals surface area contributed by atoms with E-state index in [9.17, 15) is 27.2 Å². The van der Waals surface area contributed by atoms with E-state index in [1.165, 1.54) is 24.3 Å². The molecule has 3 aromatic rings. The number of ether oxygens (including phenoxy) is 1. The molecule has 1 aliphatic rings. The average molecular weight is 495 g/mol. The van der Waals surface area contributed by atoms with Crippen LogP contribution in [0.5, 0.6) is 5.88 Å². The van der Waals surface area contributed by atoms with Crippen molar-refractivity contribution < 1.29 is 31.9 Å². The Balaban J connectivity index is 1.72. The van der Waals surface area contributed by atoms with Crippen molar-refractivity contribution in [2.45, 2.75) is 31.7 Å². The second-order valence-electron chi connectivity index (χ2n) is 7.88. The van der Waals surface area contributed by atoms with E-state index in [1.807, 2.05) is 0 Å². The number of fused-ring (bicyclic) bond motifs is 1. The smallest absolute Gasteiger partial charge is 0.418 e. The van der Waals surface area contributed by atoms with Gasteiger partial charge in [0.2, 0.25) is 11.8 Å². The number of hydrogen-bond acceptors (Lipinski definition) is 7. The van der Waals surface area contributed by atoms with Gasteiger partial charge in [-0.15, -0.1) is 0 Å². The van der Waals surface area contributed by atoms with Crippen molar-refractivity contribution in [3.05, 3.63) is 35.8 Å². The van der Waals surface area contributed by atoms with E-state index in [2.05, 4.69) is 20.4 Å². The molecule has 4 rings (SSSR count). The summed E-state index contributed by atoms with van der Waals surface area (Å²) in [6.07, 6.45) is -3.82. The molecular weight excluding hydrogens is 474 g/mol. The predicted octanol–water partition coefficient (Wildman–Crippen LogP) is 2.09. The molecule has 1 saturated heterocycles. The molecule has 4 heterocycles. The minimum absolute atomic E-state index is 0.0104. The lowest BCUT2D eigenvalue weighted by Crippen LogP contribution is -2.42. The Morgan fingerprint density at radius 1 is 1.26 bits per heavy atom. The number of aromatic nitrogens is 4. The fraction of sp³-hybridized carbons (Fsp3) is 0.381. The Morgan fingerprint density at radius 3 is 2.66 bits per heavy atom. The molecule has 0 radical (unpaired) electrons. The number of nitrogens with one attached hydrogen (secondary N) is 1. The average Bonchev–Trinajstić information content (AvgIpc) is 3.40. The number of nitrogens with two attached hydrogens (primary N) is 1.